The lowest BCUT2D eigenvalue weighted by Crippen LogP contribution is -2.20. The van der Waals surface area contributed by atoms with Crippen LogP contribution >= 0.6 is 0 Å². The first kappa shape index (κ1) is 18.3. The van der Waals surface area contributed by atoms with Crippen LogP contribution < -0.4 is 20.5 Å². The minimum Gasteiger partial charge on any atom is -0.493 e. The number of anilines is 1. The van der Waals surface area contributed by atoms with Gasteiger partial charge in [-0.15, -0.1) is 0 Å². The van der Waals surface area contributed by atoms with Crippen LogP contribution in [0.1, 0.15) is 5.56 Å². The largest absolute Gasteiger partial charge is 0.493 e. The van der Waals surface area contributed by atoms with E-state index in [9.17, 15) is 22.4 Å². The molecule has 2 aromatic rings. The first-order chi connectivity index (χ1) is 11.8. The number of rotatable bonds is 7. The molecule has 134 valence electrons. The topological polar surface area (TPSA) is 86.5 Å². The quantitative estimate of drug-likeness (QED) is 0.584. The van der Waals surface area contributed by atoms with Crippen LogP contribution in [-0.2, 0) is 11.3 Å². The number of carbonyl (C=O) groups is 1. The number of pyridine rings is 1. The zero-order valence-electron chi connectivity index (χ0n) is 12.9. The number of ether oxygens (including phenoxy) is 2. The maximum Gasteiger partial charge on any atom is 0.255 e. The zero-order chi connectivity index (χ0) is 18.6. The number of nitrogens with zero attached hydrogens (tertiary/aromatic N) is 1. The number of halogens is 4. The smallest absolute Gasteiger partial charge is 0.255 e. The number of primary amides is 1. The van der Waals surface area contributed by atoms with Gasteiger partial charge in [-0.2, -0.15) is 22.5 Å². The highest BCUT2D eigenvalue weighted by molar-refractivity contribution is 5.75. The Morgan fingerprint density at radius 3 is 2.36 bits per heavy atom. The molecule has 0 spiro atoms. The van der Waals surface area contributed by atoms with Crippen LogP contribution in [0.25, 0.3) is 0 Å². The molecule has 25 heavy (non-hydrogen) atoms. The lowest BCUT2D eigenvalue weighted by molar-refractivity contribution is -0.119. The van der Waals surface area contributed by atoms with Crippen molar-refractivity contribution in [3.8, 4) is 11.5 Å². The molecule has 0 atom stereocenters. The van der Waals surface area contributed by atoms with Crippen molar-refractivity contribution in [3.63, 3.8) is 0 Å². The van der Waals surface area contributed by atoms with Gasteiger partial charge in [-0.3, -0.25) is 4.79 Å². The third-order valence-electron chi connectivity index (χ3n) is 3.06. The number of amides is 1. The number of benzene rings is 1. The molecule has 0 saturated heterocycles. The molecular weight excluding hydrogens is 346 g/mol. The molecule has 0 aliphatic carbocycles. The molecule has 0 fully saturated rings. The van der Waals surface area contributed by atoms with E-state index in [2.05, 4.69) is 10.3 Å². The molecule has 0 aliphatic rings. The summed E-state index contributed by atoms with van der Waals surface area (Å²) in [6.07, 6.45) is 0. The lowest BCUT2D eigenvalue weighted by Gasteiger charge is -2.13. The monoisotopic (exact) mass is 359 g/mol. The fraction of sp³-hybridized carbons (Fsp3) is 0.200. The minimum absolute atomic E-state index is 0.177. The number of hydrogen-bond acceptors (Lipinski definition) is 5. The van der Waals surface area contributed by atoms with Crippen molar-refractivity contribution in [2.45, 2.75) is 6.54 Å². The van der Waals surface area contributed by atoms with Gasteiger partial charge in [0.05, 0.1) is 7.11 Å². The molecule has 0 bridgehead atoms. The maximum atomic E-state index is 13.5. The van der Waals surface area contributed by atoms with E-state index in [1.807, 2.05) is 0 Å². The van der Waals surface area contributed by atoms with Crippen molar-refractivity contribution in [2.75, 3.05) is 19.0 Å². The summed E-state index contributed by atoms with van der Waals surface area (Å²) in [6.45, 7) is -0.539. The van der Waals surface area contributed by atoms with E-state index in [1.54, 1.807) is 0 Å². The van der Waals surface area contributed by atoms with Crippen LogP contribution in [0.4, 0.5) is 23.2 Å². The molecule has 6 nitrogen and oxygen atoms in total. The van der Waals surface area contributed by atoms with Crippen molar-refractivity contribution in [1.82, 2.24) is 4.98 Å². The second kappa shape index (κ2) is 7.69. The highest BCUT2D eigenvalue weighted by Gasteiger charge is 2.20. The normalized spacial score (nSPS) is 10.4. The van der Waals surface area contributed by atoms with E-state index in [1.165, 1.54) is 25.3 Å². The summed E-state index contributed by atoms with van der Waals surface area (Å²) in [7, 11) is 1.34. The standard InChI is InChI=1S/C15H13F4N3O3/c1-24-9-4-7(2-3-8(9)25-6-10(20)23)5-21-13-11(16)14(18)22-15(19)12(13)17/h2-4H,5-6H2,1H3,(H2,20,23)(H,21,22). The van der Waals surface area contributed by atoms with Crippen molar-refractivity contribution < 1.29 is 31.8 Å². The Balaban J connectivity index is 2.18. The Morgan fingerprint density at radius 2 is 1.80 bits per heavy atom. The van der Waals surface area contributed by atoms with Crippen LogP contribution in [0.2, 0.25) is 0 Å². The van der Waals surface area contributed by atoms with E-state index in [0.29, 0.717) is 5.56 Å². The third-order valence-corrected chi connectivity index (χ3v) is 3.06. The van der Waals surface area contributed by atoms with Gasteiger partial charge < -0.3 is 20.5 Å². The van der Waals surface area contributed by atoms with Gasteiger partial charge in [0.1, 0.15) is 5.69 Å². The molecule has 0 unspecified atom stereocenters. The van der Waals surface area contributed by atoms with E-state index in [0.717, 1.165) is 0 Å². The molecule has 2 rings (SSSR count). The molecule has 0 radical (unpaired) electrons. The van der Waals surface area contributed by atoms with Gasteiger partial charge in [-0.05, 0) is 17.7 Å². The fourth-order valence-electron chi connectivity index (χ4n) is 1.92. The predicted molar refractivity (Wildman–Crippen MR) is 79.1 cm³/mol. The Kier molecular flexibility index (Phi) is 5.63. The van der Waals surface area contributed by atoms with Crippen molar-refractivity contribution in [3.05, 3.63) is 47.3 Å². The Hall–Kier alpha value is -3.04. The van der Waals surface area contributed by atoms with Crippen LogP contribution in [-0.4, -0.2) is 24.6 Å². The number of aromatic nitrogens is 1. The minimum atomic E-state index is -1.76. The Labute approximate surface area is 139 Å². The number of nitrogens with two attached hydrogens (primary N) is 1. The fourth-order valence-corrected chi connectivity index (χ4v) is 1.92. The van der Waals surface area contributed by atoms with Crippen molar-refractivity contribution in [2.24, 2.45) is 5.73 Å². The van der Waals surface area contributed by atoms with Gasteiger partial charge >= 0.3 is 0 Å². The average Bonchev–Trinajstić information content (AvgIpc) is 2.58. The zero-order valence-corrected chi connectivity index (χ0v) is 12.9. The number of carbonyl (C=O) groups excluding carboxylic acids is 1. The second-order valence-electron chi connectivity index (χ2n) is 4.79. The summed E-state index contributed by atoms with van der Waals surface area (Å²) in [6, 6.07) is 4.39. The Bertz CT molecular complexity index is 776. The first-order valence-electron chi connectivity index (χ1n) is 6.85. The van der Waals surface area contributed by atoms with Gasteiger partial charge in [-0.1, -0.05) is 6.07 Å². The van der Waals surface area contributed by atoms with Gasteiger partial charge in [0.15, 0.2) is 18.1 Å². The number of nitrogens with one attached hydrogen (secondary N) is 1. The van der Waals surface area contributed by atoms with E-state index in [-0.39, 0.29) is 24.7 Å². The molecule has 1 amide bonds. The second-order valence-corrected chi connectivity index (χ2v) is 4.79. The van der Waals surface area contributed by atoms with Gasteiger partial charge in [0, 0.05) is 6.54 Å². The van der Waals surface area contributed by atoms with Gasteiger partial charge in [0.2, 0.25) is 11.6 Å². The molecule has 0 aliphatic heterocycles. The molecular formula is C15H13F4N3O3. The van der Waals surface area contributed by atoms with Crippen LogP contribution in [0.5, 0.6) is 11.5 Å². The molecule has 10 heteroatoms. The molecule has 1 heterocycles. The van der Waals surface area contributed by atoms with E-state index < -0.39 is 35.1 Å². The Morgan fingerprint density at radius 1 is 1.16 bits per heavy atom. The summed E-state index contributed by atoms with van der Waals surface area (Å²) in [4.78, 5) is 13.2. The summed E-state index contributed by atoms with van der Waals surface area (Å²) in [5.74, 6) is -7.00. The molecule has 1 aromatic carbocycles. The SMILES string of the molecule is COc1cc(CNc2c(F)c(F)nc(F)c2F)ccc1OCC(N)=O. The van der Waals surface area contributed by atoms with Crippen LogP contribution in [0, 0.1) is 23.5 Å². The summed E-state index contributed by atoms with van der Waals surface area (Å²) >= 11 is 0. The van der Waals surface area contributed by atoms with Crippen molar-refractivity contribution >= 4 is 11.6 Å². The highest BCUT2D eigenvalue weighted by atomic mass is 19.2. The van der Waals surface area contributed by atoms with Crippen LogP contribution in [0.15, 0.2) is 18.2 Å². The maximum absolute atomic E-state index is 13.5. The number of hydrogen-bond donors (Lipinski definition) is 2. The van der Waals surface area contributed by atoms with E-state index >= 15 is 0 Å². The predicted octanol–water partition coefficient (Wildman–Crippen LogP) is 2.12. The third kappa shape index (κ3) is 4.28. The van der Waals surface area contributed by atoms with Crippen LogP contribution in [0.3, 0.4) is 0 Å². The van der Waals surface area contributed by atoms with E-state index in [4.69, 9.17) is 15.2 Å². The average molecular weight is 359 g/mol. The summed E-state index contributed by atoms with van der Waals surface area (Å²) < 4.78 is 63.4. The summed E-state index contributed by atoms with van der Waals surface area (Å²) in [5, 5.41) is 2.26. The lowest BCUT2D eigenvalue weighted by atomic mass is 10.2. The number of methoxy groups -OCH3 is 1. The first-order valence-corrected chi connectivity index (χ1v) is 6.85. The van der Waals surface area contributed by atoms with Gasteiger partial charge in [-0.25, -0.2) is 0 Å². The molecule has 0 saturated carbocycles. The molecule has 3 N–H and O–H groups in total. The summed E-state index contributed by atoms with van der Waals surface area (Å²) in [5.41, 5.74) is 4.46. The van der Waals surface area contributed by atoms with Gasteiger partial charge in [0.25, 0.3) is 17.8 Å². The highest BCUT2D eigenvalue weighted by Crippen LogP contribution is 2.29. The van der Waals surface area contributed by atoms with Crippen molar-refractivity contribution in [1.29, 1.82) is 0 Å². The molecule has 1 aromatic heterocycles.